The van der Waals surface area contributed by atoms with Gasteiger partial charge in [0.05, 0.1) is 0 Å². The Balaban J connectivity index is 5.73. The third-order valence-corrected chi connectivity index (χ3v) is 1.77. The lowest BCUT2D eigenvalue weighted by Gasteiger charge is -2.35. The second-order valence-electron chi connectivity index (χ2n) is 2.74. The van der Waals surface area contributed by atoms with Gasteiger partial charge in [-0.15, -0.1) is 0 Å². The van der Waals surface area contributed by atoms with E-state index in [1.165, 1.54) is 0 Å². The molecule has 0 aromatic rings. The maximum Gasteiger partial charge on any atom is 0.460 e. The van der Waals surface area contributed by atoms with Crippen LogP contribution < -0.4 is 0 Å². The van der Waals surface area contributed by atoms with Crippen molar-refractivity contribution in [2.45, 2.75) is 29.2 Å². The molecule has 0 saturated heterocycles. The molecule has 0 spiro atoms. The fourth-order valence-electron chi connectivity index (χ4n) is 0.558. The van der Waals surface area contributed by atoms with E-state index in [4.69, 9.17) is 0 Å². The molecule has 0 atom stereocenters. The summed E-state index contributed by atoms with van der Waals surface area (Å²) in [6.07, 6.45) is -7.14. The zero-order chi connectivity index (χ0) is 14.5. The third kappa shape index (κ3) is 2.27. The Labute approximate surface area is 91.2 Å². The van der Waals surface area contributed by atoms with Gasteiger partial charge in [-0.05, 0) is 12.6 Å². The first-order chi connectivity index (χ1) is 7.00. The third-order valence-electron chi connectivity index (χ3n) is 1.51. The van der Waals surface area contributed by atoms with E-state index in [1.807, 2.05) is 0 Å². The van der Waals surface area contributed by atoms with Crippen LogP contribution in [0.4, 0.5) is 48.3 Å². The van der Waals surface area contributed by atoms with Crippen LogP contribution in [0.3, 0.4) is 0 Å². The molecule has 0 aliphatic carbocycles. The summed E-state index contributed by atoms with van der Waals surface area (Å²) in [6, 6.07) is 0. The summed E-state index contributed by atoms with van der Waals surface area (Å²) in [5.41, 5.74) is 0. The van der Waals surface area contributed by atoms with E-state index < -0.39 is 29.2 Å². The van der Waals surface area contributed by atoms with Gasteiger partial charge in [0.1, 0.15) is 0 Å². The molecule has 0 aliphatic heterocycles. The maximum absolute atomic E-state index is 12.2. The summed E-state index contributed by atoms with van der Waals surface area (Å²) in [5, 5.41) is -6.18. The van der Waals surface area contributed by atoms with E-state index in [0.29, 0.717) is 0 Å². The SMILES string of the molecule is FC(F)(F)C(F)(F)C(F)(F)C(F)(F)C(F)(F)[S]. The molecule has 1 radical (unpaired) electrons. The van der Waals surface area contributed by atoms with Gasteiger partial charge < -0.3 is 0 Å². The normalized spacial score (nSPS) is 16.2. The van der Waals surface area contributed by atoms with E-state index in [2.05, 4.69) is 12.6 Å². The quantitative estimate of drug-likeness (QED) is 0.684. The van der Waals surface area contributed by atoms with Crippen molar-refractivity contribution in [3.8, 4) is 0 Å². The average Bonchev–Trinajstić information content (AvgIpc) is 1.98. The van der Waals surface area contributed by atoms with Gasteiger partial charge >= 0.3 is 29.2 Å². The van der Waals surface area contributed by atoms with Crippen LogP contribution in [-0.4, -0.2) is 29.2 Å². The van der Waals surface area contributed by atoms with Crippen LogP contribution in [0.1, 0.15) is 0 Å². The van der Waals surface area contributed by atoms with Crippen molar-refractivity contribution in [2.75, 3.05) is 0 Å². The highest BCUT2D eigenvalue weighted by atomic mass is 32.1. The van der Waals surface area contributed by atoms with Crippen LogP contribution in [0.2, 0.25) is 0 Å². The molecule has 0 aromatic heterocycles. The Kier molecular flexibility index (Phi) is 3.69. The van der Waals surface area contributed by atoms with Crippen LogP contribution >= 0.6 is 12.6 Å². The number of rotatable bonds is 3. The topological polar surface area (TPSA) is 0 Å². The summed E-state index contributed by atoms with van der Waals surface area (Å²) in [4.78, 5) is 0. The van der Waals surface area contributed by atoms with Crippen LogP contribution in [-0.2, 0) is 0 Å². The number of hydrogen-bond donors (Lipinski definition) is 0. The Morgan fingerprint density at radius 3 is 0.941 bits per heavy atom. The van der Waals surface area contributed by atoms with E-state index in [0.717, 1.165) is 0 Å². The molecule has 0 amide bonds. The summed E-state index contributed by atoms with van der Waals surface area (Å²) >= 11 is 2.50. The highest BCUT2D eigenvalue weighted by Crippen LogP contribution is 2.57. The van der Waals surface area contributed by atoms with Gasteiger partial charge in [-0.1, -0.05) is 0 Å². The minimum Gasteiger partial charge on any atom is -0.192 e. The Hall–Kier alpha value is -0.420. The van der Waals surface area contributed by atoms with Crippen LogP contribution in [0.25, 0.3) is 0 Å². The van der Waals surface area contributed by atoms with Gasteiger partial charge in [0.15, 0.2) is 0 Å². The molecule has 0 heterocycles. The first kappa shape index (κ1) is 16.6. The zero-order valence-corrected chi connectivity index (χ0v) is 7.88. The predicted molar refractivity (Wildman–Crippen MR) is 33.4 cm³/mol. The highest BCUT2D eigenvalue weighted by molar-refractivity contribution is 7.81. The van der Waals surface area contributed by atoms with Crippen LogP contribution in [0, 0.1) is 0 Å². The Morgan fingerprint density at radius 1 is 0.471 bits per heavy atom. The molecule has 0 unspecified atom stereocenters. The summed E-state index contributed by atoms with van der Waals surface area (Å²) in [5.74, 6) is -21.8. The molecule has 0 saturated carbocycles. The number of alkyl halides is 11. The lowest BCUT2D eigenvalue weighted by molar-refractivity contribution is -0.412. The minimum atomic E-state index is -7.39. The summed E-state index contributed by atoms with van der Waals surface area (Å²) < 4.78 is 131. The molecule has 0 N–H and O–H groups in total. The van der Waals surface area contributed by atoms with E-state index in [1.54, 1.807) is 0 Å². The van der Waals surface area contributed by atoms with Crippen molar-refractivity contribution in [3.63, 3.8) is 0 Å². The van der Waals surface area contributed by atoms with E-state index in [-0.39, 0.29) is 0 Å². The van der Waals surface area contributed by atoms with Gasteiger partial charge in [0.25, 0.3) is 0 Å². The Bertz CT molecular complexity index is 255. The average molecular weight is 301 g/mol. The van der Waals surface area contributed by atoms with Crippen molar-refractivity contribution < 1.29 is 48.3 Å². The minimum absolute atomic E-state index is 2.50. The van der Waals surface area contributed by atoms with Gasteiger partial charge in [0.2, 0.25) is 0 Å². The maximum atomic E-state index is 12.2. The monoisotopic (exact) mass is 301 g/mol. The molecule has 17 heavy (non-hydrogen) atoms. The summed E-state index contributed by atoms with van der Waals surface area (Å²) in [7, 11) is 0. The standard InChI is InChI=1S/C5F11S/c6-1(7,2(8,9)4(12,13)14)3(10,11)5(15,16)17. The van der Waals surface area contributed by atoms with Crippen molar-refractivity contribution in [1.29, 1.82) is 0 Å². The smallest absolute Gasteiger partial charge is 0.192 e. The van der Waals surface area contributed by atoms with Crippen molar-refractivity contribution in [2.24, 2.45) is 0 Å². The second-order valence-corrected chi connectivity index (χ2v) is 3.25. The zero-order valence-electron chi connectivity index (χ0n) is 7.07. The Morgan fingerprint density at radius 2 is 0.765 bits per heavy atom. The molecular weight excluding hydrogens is 301 g/mol. The summed E-state index contributed by atoms with van der Waals surface area (Å²) in [6.45, 7) is 0. The molecule has 0 bridgehead atoms. The molecule has 12 heteroatoms. The van der Waals surface area contributed by atoms with E-state index >= 15 is 0 Å². The lowest BCUT2D eigenvalue weighted by atomic mass is 10.0. The van der Waals surface area contributed by atoms with Crippen molar-refractivity contribution >= 4 is 12.6 Å². The fraction of sp³-hybridized carbons (Fsp3) is 1.00. The molecule has 0 aromatic carbocycles. The van der Waals surface area contributed by atoms with Gasteiger partial charge in [-0.2, -0.15) is 48.3 Å². The highest BCUT2D eigenvalue weighted by Gasteiger charge is 2.86. The molecule has 0 rings (SSSR count). The van der Waals surface area contributed by atoms with E-state index in [9.17, 15) is 48.3 Å². The fourth-order valence-corrected chi connectivity index (χ4v) is 0.686. The molecule has 0 nitrogen and oxygen atoms in total. The van der Waals surface area contributed by atoms with Gasteiger partial charge in [-0.3, -0.25) is 0 Å². The predicted octanol–water partition coefficient (Wildman–Crippen LogP) is 4.24. The van der Waals surface area contributed by atoms with Crippen LogP contribution in [0.15, 0.2) is 0 Å². The molecule has 103 valence electrons. The lowest BCUT2D eigenvalue weighted by Crippen LogP contribution is -2.65. The second kappa shape index (κ2) is 3.79. The van der Waals surface area contributed by atoms with Crippen molar-refractivity contribution in [3.05, 3.63) is 0 Å². The number of halogens is 11. The van der Waals surface area contributed by atoms with Crippen LogP contribution in [0.5, 0.6) is 0 Å². The van der Waals surface area contributed by atoms with Crippen molar-refractivity contribution in [1.82, 2.24) is 0 Å². The van der Waals surface area contributed by atoms with Gasteiger partial charge in [-0.25, -0.2) is 0 Å². The first-order valence-corrected chi connectivity index (χ1v) is 3.69. The largest absolute Gasteiger partial charge is 0.460 e. The molecular formula is C5F11S. The van der Waals surface area contributed by atoms with Gasteiger partial charge in [0, 0.05) is 0 Å². The molecule has 0 fully saturated rings. The molecule has 0 aliphatic rings. The first-order valence-electron chi connectivity index (χ1n) is 3.28. The number of hydrogen-bond acceptors (Lipinski definition) is 0.